The molecule has 0 aliphatic heterocycles. The topological polar surface area (TPSA) is 17.8 Å². The summed E-state index contributed by atoms with van der Waals surface area (Å²) in [6.45, 7) is 8.02. The third-order valence-electron chi connectivity index (χ3n) is 9.72. The van der Waals surface area contributed by atoms with Gasteiger partial charge < -0.3 is 4.57 Å². The molecule has 0 aliphatic rings. The number of unbranched alkanes of at least 4 members (excludes halogenated alkanes) is 25. The maximum atomic E-state index is 4.70. The molecule has 0 amide bonds. The summed E-state index contributed by atoms with van der Waals surface area (Å²) in [5.41, 5.74) is 0. The van der Waals surface area contributed by atoms with Gasteiger partial charge in [0.1, 0.15) is 5.82 Å². The second-order valence-electron chi connectivity index (χ2n) is 13.9. The van der Waals surface area contributed by atoms with Crippen LogP contribution in [0.1, 0.15) is 226 Å². The van der Waals surface area contributed by atoms with Gasteiger partial charge in [-0.1, -0.05) is 207 Å². The summed E-state index contributed by atoms with van der Waals surface area (Å²) in [7, 11) is 0. The van der Waals surface area contributed by atoms with E-state index in [4.69, 9.17) is 4.98 Å². The number of rotatable bonds is 34. The smallest absolute Gasteiger partial charge is 0.108 e. The molecule has 1 heterocycles. The molecule has 1 unspecified atom stereocenters. The maximum Gasteiger partial charge on any atom is 0.108 e. The van der Waals surface area contributed by atoms with E-state index < -0.39 is 0 Å². The molecule has 1 rings (SSSR count). The molecule has 0 fully saturated rings. The van der Waals surface area contributed by atoms with Gasteiger partial charge in [0.05, 0.1) is 0 Å². The fraction of sp³-hybridized carbons (Fsp3) is 0.925. The highest BCUT2D eigenvalue weighted by Gasteiger charge is 2.11. The van der Waals surface area contributed by atoms with Crippen molar-refractivity contribution in [1.29, 1.82) is 0 Å². The molecule has 0 N–H and O–H groups in total. The van der Waals surface area contributed by atoms with Gasteiger partial charge in [-0.3, -0.25) is 0 Å². The lowest BCUT2D eigenvalue weighted by Gasteiger charge is -2.17. The van der Waals surface area contributed by atoms with E-state index >= 15 is 0 Å². The zero-order valence-electron chi connectivity index (χ0n) is 29.5. The summed E-state index contributed by atoms with van der Waals surface area (Å²) in [4.78, 5) is 4.70. The Morgan fingerprint density at radius 2 is 0.810 bits per heavy atom. The first-order chi connectivity index (χ1) is 20.8. The Labute approximate surface area is 266 Å². The first-order valence-corrected chi connectivity index (χ1v) is 19.8. The summed E-state index contributed by atoms with van der Waals surface area (Å²) in [5, 5.41) is 0. The molecule has 0 bridgehead atoms. The van der Waals surface area contributed by atoms with Crippen LogP contribution in [0.3, 0.4) is 0 Å². The Kier molecular flexibility index (Phi) is 29.5. The molecule has 1 atom stereocenters. The van der Waals surface area contributed by atoms with E-state index in [1.165, 1.54) is 211 Å². The lowest BCUT2D eigenvalue weighted by Crippen LogP contribution is -2.08. The Hall–Kier alpha value is -0.790. The maximum absolute atomic E-state index is 4.70. The van der Waals surface area contributed by atoms with Crippen LogP contribution in [-0.4, -0.2) is 9.55 Å². The number of imidazole rings is 1. The highest BCUT2D eigenvalue weighted by Crippen LogP contribution is 2.24. The van der Waals surface area contributed by atoms with Crippen molar-refractivity contribution in [3.05, 3.63) is 18.2 Å². The van der Waals surface area contributed by atoms with Crippen LogP contribution in [-0.2, 0) is 13.0 Å². The van der Waals surface area contributed by atoms with E-state index in [1.807, 2.05) is 6.20 Å². The molecule has 0 saturated carbocycles. The third kappa shape index (κ3) is 24.6. The molecule has 2 heteroatoms. The number of hydrogen-bond donors (Lipinski definition) is 0. The number of aryl methyl sites for hydroxylation is 2. The second-order valence-corrected chi connectivity index (χ2v) is 13.9. The van der Waals surface area contributed by atoms with Crippen molar-refractivity contribution in [2.24, 2.45) is 5.92 Å². The molecule has 0 saturated heterocycles. The third-order valence-corrected chi connectivity index (χ3v) is 9.72. The Balaban J connectivity index is 2.02. The van der Waals surface area contributed by atoms with Crippen LogP contribution in [0.4, 0.5) is 0 Å². The van der Waals surface area contributed by atoms with Gasteiger partial charge in [0.2, 0.25) is 0 Å². The summed E-state index contributed by atoms with van der Waals surface area (Å²) >= 11 is 0. The average molecular weight is 587 g/mol. The lowest BCUT2D eigenvalue weighted by molar-refractivity contribution is 0.375. The molecule has 0 spiro atoms. The second kappa shape index (κ2) is 31.6. The van der Waals surface area contributed by atoms with Gasteiger partial charge in [0.15, 0.2) is 0 Å². The minimum atomic E-state index is 0.906. The first kappa shape index (κ1) is 39.2. The van der Waals surface area contributed by atoms with Gasteiger partial charge in [0.25, 0.3) is 0 Å². The number of aromatic nitrogens is 2. The van der Waals surface area contributed by atoms with Gasteiger partial charge >= 0.3 is 0 Å². The van der Waals surface area contributed by atoms with Gasteiger partial charge in [-0.05, 0) is 18.8 Å². The number of hydrogen-bond acceptors (Lipinski definition) is 1. The summed E-state index contributed by atoms with van der Waals surface area (Å²) in [6.07, 6.45) is 50.2. The quantitative estimate of drug-likeness (QED) is 0.0734. The molecule has 248 valence electrons. The van der Waals surface area contributed by atoms with Crippen molar-refractivity contribution in [2.45, 2.75) is 233 Å². The largest absolute Gasteiger partial charge is 0.335 e. The van der Waals surface area contributed by atoms with Crippen LogP contribution < -0.4 is 0 Å². The van der Waals surface area contributed by atoms with Crippen molar-refractivity contribution in [3.63, 3.8) is 0 Å². The first-order valence-electron chi connectivity index (χ1n) is 19.8. The highest BCUT2D eigenvalue weighted by molar-refractivity contribution is 4.93. The minimum absolute atomic E-state index is 0.906. The van der Waals surface area contributed by atoms with Crippen molar-refractivity contribution in [1.82, 2.24) is 9.55 Å². The van der Waals surface area contributed by atoms with Gasteiger partial charge in [-0.2, -0.15) is 0 Å². The Bertz CT molecular complexity index is 635. The van der Waals surface area contributed by atoms with E-state index in [9.17, 15) is 0 Å². The van der Waals surface area contributed by atoms with Crippen molar-refractivity contribution >= 4 is 0 Å². The fourth-order valence-corrected chi connectivity index (χ4v) is 6.86. The molecule has 0 aliphatic carbocycles. The lowest BCUT2D eigenvalue weighted by atomic mass is 9.90. The zero-order valence-corrected chi connectivity index (χ0v) is 29.5. The van der Waals surface area contributed by atoms with E-state index in [2.05, 4.69) is 31.5 Å². The Morgan fingerprint density at radius 3 is 1.17 bits per heavy atom. The van der Waals surface area contributed by atoms with E-state index in [0.29, 0.717) is 0 Å². The summed E-state index contributed by atoms with van der Waals surface area (Å²) in [6, 6.07) is 0. The normalized spacial score (nSPS) is 12.4. The molecular weight excluding hydrogens is 508 g/mol. The van der Waals surface area contributed by atoms with Gasteiger partial charge in [0, 0.05) is 25.4 Å². The SMILES string of the molecule is CCCCCCCCCCCCCCCCCCCCCCC(CCCCCCCCC)CCc1nccn1CCC. The molecular formula is C40H78N2. The van der Waals surface area contributed by atoms with Gasteiger partial charge in [-0.15, -0.1) is 0 Å². The molecule has 0 aromatic carbocycles. The Morgan fingerprint density at radius 1 is 0.452 bits per heavy atom. The van der Waals surface area contributed by atoms with Crippen LogP contribution in [0.2, 0.25) is 0 Å². The predicted molar refractivity (Wildman–Crippen MR) is 190 cm³/mol. The van der Waals surface area contributed by atoms with E-state index in [-0.39, 0.29) is 0 Å². The van der Waals surface area contributed by atoms with Crippen molar-refractivity contribution < 1.29 is 0 Å². The van der Waals surface area contributed by atoms with Crippen LogP contribution in [0.15, 0.2) is 12.4 Å². The average Bonchev–Trinajstić information content (AvgIpc) is 3.45. The van der Waals surface area contributed by atoms with Gasteiger partial charge in [-0.25, -0.2) is 4.98 Å². The van der Waals surface area contributed by atoms with Crippen LogP contribution in [0, 0.1) is 5.92 Å². The van der Waals surface area contributed by atoms with Crippen LogP contribution in [0.5, 0.6) is 0 Å². The zero-order chi connectivity index (χ0) is 30.2. The summed E-state index contributed by atoms with van der Waals surface area (Å²) < 4.78 is 2.39. The van der Waals surface area contributed by atoms with Crippen LogP contribution in [0.25, 0.3) is 0 Å². The highest BCUT2D eigenvalue weighted by atomic mass is 15.1. The predicted octanol–water partition coefficient (Wildman–Crippen LogP) is 14.2. The van der Waals surface area contributed by atoms with Crippen LogP contribution >= 0.6 is 0 Å². The summed E-state index contributed by atoms with van der Waals surface area (Å²) in [5.74, 6) is 2.23. The van der Waals surface area contributed by atoms with E-state index in [0.717, 1.165) is 12.5 Å². The van der Waals surface area contributed by atoms with E-state index in [1.54, 1.807) is 0 Å². The fourth-order valence-electron chi connectivity index (χ4n) is 6.86. The molecule has 1 aromatic heterocycles. The van der Waals surface area contributed by atoms with Crippen molar-refractivity contribution in [3.8, 4) is 0 Å². The monoisotopic (exact) mass is 587 g/mol. The molecule has 42 heavy (non-hydrogen) atoms. The molecule has 0 radical (unpaired) electrons. The standard InChI is InChI=1S/C40H78N2/c1-4-7-9-11-13-14-15-16-17-18-19-20-21-22-23-24-25-27-29-31-33-39(32-30-28-26-12-10-8-5-2)34-35-40-41-36-38-42(40)37-6-3/h36,38-39H,4-35,37H2,1-3H3. The molecule has 2 nitrogen and oxygen atoms in total. The molecule has 1 aromatic rings. The van der Waals surface area contributed by atoms with Crippen molar-refractivity contribution in [2.75, 3.05) is 0 Å². The minimum Gasteiger partial charge on any atom is -0.335 e. The number of nitrogens with zero attached hydrogens (tertiary/aromatic N) is 2.